The summed E-state index contributed by atoms with van der Waals surface area (Å²) in [5, 5.41) is 5.70. The van der Waals surface area contributed by atoms with E-state index in [-0.39, 0.29) is 6.10 Å². The SMILES string of the molecule is CSc1nc(NC2CCC(Oc3cc(N4CCOCC4)cc4nccnc34)CC2)cs1. The maximum Gasteiger partial charge on any atom is 0.152 e. The second-order valence-corrected chi connectivity index (χ2v) is 9.82. The zero-order valence-electron chi connectivity index (χ0n) is 17.6. The van der Waals surface area contributed by atoms with Crippen LogP contribution in [0.2, 0.25) is 0 Å². The molecule has 1 saturated carbocycles. The van der Waals surface area contributed by atoms with Crippen LogP contribution in [-0.4, -0.2) is 59.7 Å². The molecule has 3 heterocycles. The normalized spacial score (nSPS) is 21.9. The molecule has 164 valence electrons. The van der Waals surface area contributed by atoms with Gasteiger partial charge in [-0.2, -0.15) is 0 Å². The summed E-state index contributed by atoms with van der Waals surface area (Å²) in [5.74, 6) is 1.84. The highest BCUT2D eigenvalue weighted by atomic mass is 32.2. The molecule has 7 nitrogen and oxygen atoms in total. The molecule has 0 spiro atoms. The van der Waals surface area contributed by atoms with Crippen LogP contribution in [0, 0.1) is 0 Å². The predicted octanol–water partition coefficient (Wildman–Crippen LogP) is 4.45. The summed E-state index contributed by atoms with van der Waals surface area (Å²) in [4.78, 5) is 16.0. The average Bonchev–Trinajstić information content (AvgIpc) is 3.28. The van der Waals surface area contributed by atoms with E-state index in [2.05, 4.69) is 48.9 Å². The van der Waals surface area contributed by atoms with Crippen LogP contribution in [0.5, 0.6) is 5.75 Å². The number of nitrogens with one attached hydrogen (secondary N) is 1. The Kier molecular flexibility index (Phi) is 6.42. The third-order valence-corrected chi connectivity index (χ3v) is 7.74. The molecule has 1 aromatic carbocycles. The first kappa shape index (κ1) is 20.8. The van der Waals surface area contributed by atoms with Crippen molar-refractivity contribution in [3.05, 3.63) is 29.9 Å². The van der Waals surface area contributed by atoms with E-state index in [4.69, 9.17) is 9.47 Å². The van der Waals surface area contributed by atoms with Crippen molar-refractivity contribution < 1.29 is 9.47 Å². The van der Waals surface area contributed by atoms with Crippen molar-refractivity contribution in [1.82, 2.24) is 15.0 Å². The lowest BCUT2D eigenvalue weighted by Crippen LogP contribution is -2.36. The number of thioether (sulfide) groups is 1. The lowest BCUT2D eigenvalue weighted by molar-refractivity contribution is 0.122. The van der Waals surface area contributed by atoms with E-state index >= 15 is 0 Å². The summed E-state index contributed by atoms with van der Waals surface area (Å²) in [6.45, 7) is 3.28. The fourth-order valence-electron chi connectivity index (χ4n) is 4.25. The molecular weight excluding hydrogens is 430 g/mol. The Hall–Kier alpha value is -2.10. The Balaban J connectivity index is 1.27. The number of morpholine rings is 1. The molecule has 0 radical (unpaired) electrons. The van der Waals surface area contributed by atoms with Gasteiger partial charge in [0.15, 0.2) is 4.34 Å². The first-order valence-electron chi connectivity index (χ1n) is 10.8. The third-order valence-electron chi connectivity index (χ3n) is 5.88. The molecule has 3 aromatic rings. The average molecular weight is 458 g/mol. The number of nitrogens with zero attached hydrogens (tertiary/aromatic N) is 4. The number of aromatic nitrogens is 3. The molecule has 0 atom stereocenters. The maximum absolute atomic E-state index is 6.52. The van der Waals surface area contributed by atoms with E-state index in [1.54, 1.807) is 35.5 Å². The second kappa shape index (κ2) is 9.58. The third kappa shape index (κ3) is 4.88. The van der Waals surface area contributed by atoms with E-state index in [1.165, 1.54) is 0 Å². The Morgan fingerprint density at radius 1 is 1.13 bits per heavy atom. The minimum Gasteiger partial charge on any atom is -0.488 e. The van der Waals surface area contributed by atoms with Crippen LogP contribution >= 0.6 is 23.1 Å². The van der Waals surface area contributed by atoms with Crippen LogP contribution in [-0.2, 0) is 4.74 Å². The summed E-state index contributed by atoms with van der Waals surface area (Å²) >= 11 is 3.39. The van der Waals surface area contributed by atoms with Crippen molar-refractivity contribution >= 4 is 45.6 Å². The molecule has 2 fully saturated rings. The topological polar surface area (TPSA) is 72.4 Å². The lowest BCUT2D eigenvalue weighted by atomic mass is 9.93. The second-order valence-electron chi connectivity index (χ2n) is 7.91. The highest BCUT2D eigenvalue weighted by molar-refractivity contribution is 8.00. The van der Waals surface area contributed by atoms with Gasteiger partial charge >= 0.3 is 0 Å². The first-order chi connectivity index (χ1) is 15.3. The number of benzene rings is 1. The number of fused-ring (bicyclic) bond motifs is 1. The number of rotatable bonds is 6. The van der Waals surface area contributed by atoms with Crippen molar-refractivity contribution in [1.29, 1.82) is 0 Å². The van der Waals surface area contributed by atoms with Crippen molar-refractivity contribution in [3.8, 4) is 5.75 Å². The van der Waals surface area contributed by atoms with Crippen molar-refractivity contribution in [2.24, 2.45) is 0 Å². The van der Waals surface area contributed by atoms with Gasteiger partial charge in [-0.05, 0) is 38.0 Å². The van der Waals surface area contributed by atoms with Gasteiger partial charge in [0.1, 0.15) is 17.1 Å². The molecule has 5 rings (SSSR count). The summed E-state index contributed by atoms with van der Waals surface area (Å²) in [7, 11) is 0. The van der Waals surface area contributed by atoms with Gasteiger partial charge in [0.05, 0.1) is 24.8 Å². The van der Waals surface area contributed by atoms with Crippen molar-refractivity contribution in [3.63, 3.8) is 0 Å². The van der Waals surface area contributed by atoms with Crippen LogP contribution in [0.1, 0.15) is 25.7 Å². The summed E-state index contributed by atoms with van der Waals surface area (Å²) < 4.78 is 13.1. The van der Waals surface area contributed by atoms with Gasteiger partial charge in [0.25, 0.3) is 0 Å². The summed E-state index contributed by atoms with van der Waals surface area (Å²) in [5.41, 5.74) is 2.85. The zero-order chi connectivity index (χ0) is 21.0. The van der Waals surface area contributed by atoms with Crippen molar-refractivity contribution in [2.45, 2.75) is 42.2 Å². The highest BCUT2D eigenvalue weighted by Gasteiger charge is 2.24. The number of anilines is 2. The quantitative estimate of drug-likeness (QED) is 0.545. The summed E-state index contributed by atoms with van der Waals surface area (Å²) in [6, 6.07) is 4.69. The monoisotopic (exact) mass is 457 g/mol. The Morgan fingerprint density at radius 2 is 1.94 bits per heavy atom. The standard InChI is InChI=1S/C22H27N5O2S2/c1-30-22-26-20(14-31-22)25-15-2-4-17(5-3-15)29-19-13-16(27-8-10-28-11-9-27)12-18-21(19)24-7-6-23-18/h6-7,12-15,17,25H,2-5,8-11H2,1H3. The van der Waals surface area contributed by atoms with Crippen LogP contribution < -0.4 is 15.0 Å². The highest BCUT2D eigenvalue weighted by Crippen LogP contribution is 2.33. The first-order valence-corrected chi connectivity index (χ1v) is 12.9. The molecule has 0 bridgehead atoms. The van der Waals surface area contributed by atoms with E-state index < -0.39 is 0 Å². The molecule has 31 heavy (non-hydrogen) atoms. The number of thiazole rings is 1. The van der Waals surface area contributed by atoms with E-state index in [9.17, 15) is 0 Å². The maximum atomic E-state index is 6.52. The summed E-state index contributed by atoms with van der Waals surface area (Å²) in [6.07, 6.45) is 9.91. The van der Waals surface area contributed by atoms with Gasteiger partial charge in [-0.1, -0.05) is 11.8 Å². The molecule has 1 aliphatic heterocycles. The van der Waals surface area contributed by atoms with Crippen LogP contribution in [0.25, 0.3) is 11.0 Å². The minimum atomic E-state index is 0.195. The molecule has 1 N–H and O–H groups in total. The minimum absolute atomic E-state index is 0.195. The zero-order valence-corrected chi connectivity index (χ0v) is 19.3. The molecular formula is C22H27N5O2S2. The molecule has 1 saturated heterocycles. The van der Waals surface area contributed by atoms with Gasteiger partial charge in [-0.3, -0.25) is 4.98 Å². The van der Waals surface area contributed by atoms with Gasteiger partial charge in [0.2, 0.25) is 0 Å². The fourth-order valence-corrected chi connectivity index (χ4v) is 5.46. The van der Waals surface area contributed by atoms with Crippen LogP contribution in [0.3, 0.4) is 0 Å². The number of hydrogen-bond acceptors (Lipinski definition) is 9. The van der Waals surface area contributed by atoms with Crippen LogP contribution in [0.15, 0.2) is 34.2 Å². The molecule has 1 aliphatic carbocycles. The molecule has 0 amide bonds. The lowest BCUT2D eigenvalue weighted by Gasteiger charge is -2.31. The van der Waals surface area contributed by atoms with Crippen LogP contribution in [0.4, 0.5) is 11.5 Å². The number of ether oxygens (including phenoxy) is 2. The Labute approximate surface area is 190 Å². The molecule has 2 aliphatic rings. The largest absolute Gasteiger partial charge is 0.488 e. The van der Waals surface area contributed by atoms with Crippen molar-refractivity contribution in [2.75, 3.05) is 42.8 Å². The molecule has 0 unspecified atom stereocenters. The smallest absolute Gasteiger partial charge is 0.152 e. The van der Waals surface area contributed by atoms with E-state index in [0.29, 0.717) is 6.04 Å². The van der Waals surface area contributed by atoms with E-state index in [1.807, 2.05) is 0 Å². The number of hydrogen-bond donors (Lipinski definition) is 1. The Morgan fingerprint density at radius 3 is 2.71 bits per heavy atom. The molecule has 9 heteroatoms. The van der Waals surface area contributed by atoms with Gasteiger partial charge < -0.3 is 19.7 Å². The predicted molar refractivity (Wildman–Crippen MR) is 127 cm³/mol. The molecule has 2 aromatic heterocycles. The van der Waals surface area contributed by atoms with Gasteiger partial charge in [-0.15, -0.1) is 11.3 Å². The van der Waals surface area contributed by atoms with Gasteiger partial charge in [-0.25, -0.2) is 9.97 Å². The fraction of sp³-hybridized carbons (Fsp3) is 0.500. The van der Waals surface area contributed by atoms with Gasteiger partial charge in [0, 0.05) is 48.7 Å². The Bertz CT molecular complexity index is 1020. The van der Waals surface area contributed by atoms with E-state index in [0.717, 1.165) is 84.6 Å².